The second-order valence-electron chi connectivity index (χ2n) is 5.15. The van der Waals surface area contributed by atoms with Crippen LogP contribution in [0, 0.1) is 5.92 Å². The minimum atomic E-state index is -0.587. The standard InChI is InChI=1S/C12H20N2O2S/c1-12(5-2-8-16-12)11(15)14-6-3-9(4-7-14)10(13)17/h9H,2-8H2,1H3,(H2,13,17). The maximum atomic E-state index is 12.3. The molecule has 0 aliphatic carbocycles. The summed E-state index contributed by atoms with van der Waals surface area (Å²) in [6, 6.07) is 0. The fourth-order valence-corrected chi connectivity index (χ4v) is 2.89. The van der Waals surface area contributed by atoms with Gasteiger partial charge in [-0.3, -0.25) is 4.79 Å². The Morgan fingerprint density at radius 1 is 1.47 bits per heavy atom. The molecule has 1 atom stereocenters. The van der Waals surface area contributed by atoms with Gasteiger partial charge >= 0.3 is 0 Å². The number of nitrogens with zero attached hydrogens (tertiary/aromatic N) is 1. The van der Waals surface area contributed by atoms with Crippen LogP contribution < -0.4 is 5.73 Å². The highest BCUT2D eigenvalue weighted by Crippen LogP contribution is 2.29. The summed E-state index contributed by atoms with van der Waals surface area (Å²) in [6.45, 7) is 4.10. The van der Waals surface area contributed by atoms with Crippen LogP contribution in [0.1, 0.15) is 32.6 Å². The Bertz CT molecular complexity index is 318. The quantitative estimate of drug-likeness (QED) is 0.751. The molecule has 2 heterocycles. The predicted octanol–water partition coefficient (Wildman–Crippen LogP) is 1.08. The molecule has 17 heavy (non-hydrogen) atoms. The van der Waals surface area contributed by atoms with Gasteiger partial charge < -0.3 is 15.4 Å². The van der Waals surface area contributed by atoms with E-state index in [2.05, 4.69) is 0 Å². The van der Waals surface area contributed by atoms with E-state index >= 15 is 0 Å². The lowest BCUT2D eigenvalue weighted by molar-refractivity contribution is -0.152. The lowest BCUT2D eigenvalue weighted by Crippen LogP contribution is -2.50. The lowest BCUT2D eigenvalue weighted by atomic mass is 9.94. The van der Waals surface area contributed by atoms with Gasteiger partial charge in [0.15, 0.2) is 0 Å². The summed E-state index contributed by atoms with van der Waals surface area (Å²) in [7, 11) is 0. The number of thiocarbonyl (C=S) groups is 1. The van der Waals surface area contributed by atoms with Crippen molar-refractivity contribution in [3.05, 3.63) is 0 Å². The molecule has 1 unspecified atom stereocenters. The Morgan fingerprint density at radius 3 is 2.59 bits per heavy atom. The van der Waals surface area contributed by atoms with Crippen LogP contribution >= 0.6 is 12.2 Å². The van der Waals surface area contributed by atoms with Crippen LogP contribution in [0.15, 0.2) is 0 Å². The lowest BCUT2D eigenvalue weighted by Gasteiger charge is -2.36. The van der Waals surface area contributed by atoms with Crippen molar-refractivity contribution in [2.24, 2.45) is 11.7 Å². The van der Waals surface area contributed by atoms with Gasteiger partial charge in [0.2, 0.25) is 0 Å². The summed E-state index contributed by atoms with van der Waals surface area (Å²) in [6.07, 6.45) is 3.58. The Hall–Kier alpha value is -0.680. The molecule has 2 aliphatic heterocycles. The van der Waals surface area contributed by atoms with Gasteiger partial charge in [0, 0.05) is 25.6 Å². The van der Waals surface area contributed by atoms with E-state index < -0.39 is 5.60 Å². The van der Waals surface area contributed by atoms with Crippen LogP contribution in [0.2, 0.25) is 0 Å². The second kappa shape index (κ2) is 4.90. The normalized spacial score (nSPS) is 30.5. The van der Waals surface area contributed by atoms with Crippen molar-refractivity contribution >= 4 is 23.1 Å². The zero-order chi connectivity index (χ0) is 12.5. The third-order valence-corrected chi connectivity index (χ3v) is 4.19. The number of ether oxygens (including phenoxy) is 1. The van der Waals surface area contributed by atoms with Crippen LogP contribution in [0.4, 0.5) is 0 Å². The Labute approximate surface area is 107 Å². The van der Waals surface area contributed by atoms with Crippen LogP contribution in [0.25, 0.3) is 0 Å². The fraction of sp³-hybridized carbons (Fsp3) is 0.833. The summed E-state index contributed by atoms with van der Waals surface area (Å²) >= 11 is 5.00. The van der Waals surface area contributed by atoms with Crippen molar-refractivity contribution in [3.63, 3.8) is 0 Å². The molecule has 2 fully saturated rings. The van der Waals surface area contributed by atoms with Gasteiger partial charge in [-0.15, -0.1) is 0 Å². The number of amides is 1. The van der Waals surface area contributed by atoms with Crippen molar-refractivity contribution in [1.29, 1.82) is 0 Å². The second-order valence-corrected chi connectivity index (χ2v) is 5.62. The molecule has 0 spiro atoms. The molecule has 2 N–H and O–H groups in total. The number of rotatable bonds is 2. The molecule has 0 bridgehead atoms. The predicted molar refractivity (Wildman–Crippen MR) is 69.7 cm³/mol. The number of hydrogen-bond donors (Lipinski definition) is 1. The third kappa shape index (κ3) is 2.60. The molecule has 2 aliphatic rings. The number of hydrogen-bond acceptors (Lipinski definition) is 3. The van der Waals surface area contributed by atoms with E-state index in [1.165, 1.54) is 0 Å². The molecule has 0 aromatic rings. The molecule has 4 nitrogen and oxygen atoms in total. The van der Waals surface area contributed by atoms with Crippen LogP contribution in [-0.2, 0) is 9.53 Å². The summed E-state index contributed by atoms with van der Waals surface area (Å²) in [4.78, 5) is 14.8. The largest absolute Gasteiger partial charge is 0.393 e. The molecule has 1 amide bonds. The number of carbonyl (C=O) groups is 1. The first-order chi connectivity index (χ1) is 8.03. The first kappa shape index (κ1) is 12.8. The zero-order valence-electron chi connectivity index (χ0n) is 10.3. The minimum absolute atomic E-state index is 0.136. The highest BCUT2D eigenvalue weighted by molar-refractivity contribution is 7.80. The van der Waals surface area contributed by atoms with E-state index in [0.717, 1.165) is 38.8 Å². The Morgan fingerprint density at radius 2 is 2.12 bits per heavy atom. The molecule has 2 rings (SSSR count). The van der Waals surface area contributed by atoms with Gasteiger partial charge in [-0.1, -0.05) is 12.2 Å². The number of likely N-dealkylation sites (tertiary alicyclic amines) is 1. The molecule has 5 heteroatoms. The number of nitrogens with two attached hydrogens (primary N) is 1. The molecule has 2 saturated heterocycles. The average molecular weight is 256 g/mol. The molecular weight excluding hydrogens is 236 g/mol. The van der Waals surface area contributed by atoms with Gasteiger partial charge in [-0.25, -0.2) is 0 Å². The SMILES string of the molecule is CC1(C(=O)N2CCC(C(N)=S)CC2)CCCO1. The van der Waals surface area contributed by atoms with Crippen molar-refractivity contribution in [3.8, 4) is 0 Å². The maximum Gasteiger partial charge on any atom is 0.254 e. The first-order valence-electron chi connectivity index (χ1n) is 6.25. The van der Waals surface area contributed by atoms with Crippen molar-refractivity contribution < 1.29 is 9.53 Å². The molecule has 0 aromatic carbocycles. The topological polar surface area (TPSA) is 55.6 Å². The average Bonchev–Trinajstić information content (AvgIpc) is 2.76. The van der Waals surface area contributed by atoms with E-state index in [1.54, 1.807) is 0 Å². The number of piperidine rings is 1. The summed E-state index contributed by atoms with van der Waals surface area (Å²) in [5.41, 5.74) is 5.05. The Kier molecular flexibility index (Phi) is 3.68. The fourth-order valence-electron chi connectivity index (χ4n) is 2.65. The first-order valence-corrected chi connectivity index (χ1v) is 6.66. The summed E-state index contributed by atoms with van der Waals surface area (Å²) in [5.74, 6) is 0.433. The minimum Gasteiger partial charge on any atom is -0.393 e. The van der Waals surface area contributed by atoms with E-state index in [9.17, 15) is 4.79 Å². The maximum absolute atomic E-state index is 12.3. The highest BCUT2D eigenvalue weighted by atomic mass is 32.1. The molecule has 96 valence electrons. The van der Waals surface area contributed by atoms with Gasteiger partial charge in [-0.2, -0.15) is 0 Å². The molecule has 0 aromatic heterocycles. The van der Waals surface area contributed by atoms with Crippen LogP contribution in [0.3, 0.4) is 0 Å². The van der Waals surface area contributed by atoms with Gasteiger partial charge in [-0.05, 0) is 32.6 Å². The highest BCUT2D eigenvalue weighted by Gasteiger charge is 2.41. The number of carbonyl (C=O) groups excluding carboxylic acids is 1. The van der Waals surface area contributed by atoms with Crippen LogP contribution in [0.5, 0.6) is 0 Å². The molecular formula is C12H20N2O2S. The van der Waals surface area contributed by atoms with E-state index in [4.69, 9.17) is 22.7 Å². The molecule has 0 radical (unpaired) electrons. The van der Waals surface area contributed by atoms with E-state index in [1.807, 2.05) is 11.8 Å². The monoisotopic (exact) mass is 256 g/mol. The summed E-state index contributed by atoms with van der Waals surface area (Å²) in [5, 5.41) is 0. The van der Waals surface area contributed by atoms with E-state index in [0.29, 0.717) is 17.5 Å². The van der Waals surface area contributed by atoms with E-state index in [-0.39, 0.29) is 5.91 Å². The van der Waals surface area contributed by atoms with Crippen molar-refractivity contribution in [2.75, 3.05) is 19.7 Å². The summed E-state index contributed by atoms with van der Waals surface area (Å²) < 4.78 is 5.59. The molecule has 0 saturated carbocycles. The van der Waals surface area contributed by atoms with Crippen molar-refractivity contribution in [2.45, 2.75) is 38.2 Å². The van der Waals surface area contributed by atoms with Crippen molar-refractivity contribution in [1.82, 2.24) is 4.90 Å². The smallest absolute Gasteiger partial charge is 0.254 e. The zero-order valence-corrected chi connectivity index (χ0v) is 11.1. The Balaban J connectivity index is 1.92. The van der Waals surface area contributed by atoms with Gasteiger partial charge in [0.05, 0.1) is 4.99 Å². The third-order valence-electron chi connectivity index (χ3n) is 3.86. The van der Waals surface area contributed by atoms with Gasteiger partial charge in [0.1, 0.15) is 5.60 Å². The van der Waals surface area contributed by atoms with Crippen LogP contribution in [-0.4, -0.2) is 41.1 Å². The van der Waals surface area contributed by atoms with Gasteiger partial charge in [0.25, 0.3) is 5.91 Å².